The van der Waals surface area contributed by atoms with Gasteiger partial charge >= 0.3 is 0 Å². The third-order valence-electron chi connectivity index (χ3n) is 3.75. The Labute approximate surface area is 118 Å². The number of aromatic nitrogens is 3. The number of ether oxygens (including phenoxy) is 1. The lowest BCUT2D eigenvalue weighted by Gasteiger charge is -2.19. The van der Waals surface area contributed by atoms with Gasteiger partial charge in [0.15, 0.2) is 0 Å². The molecule has 106 valence electrons. The van der Waals surface area contributed by atoms with E-state index in [2.05, 4.69) is 27.8 Å². The molecule has 1 aromatic carbocycles. The van der Waals surface area contributed by atoms with Gasteiger partial charge < -0.3 is 10.1 Å². The summed E-state index contributed by atoms with van der Waals surface area (Å²) >= 11 is 0. The van der Waals surface area contributed by atoms with Crippen LogP contribution in [-0.4, -0.2) is 28.6 Å². The van der Waals surface area contributed by atoms with Crippen LogP contribution in [0.3, 0.4) is 0 Å². The van der Waals surface area contributed by atoms with Crippen molar-refractivity contribution in [3.05, 3.63) is 42.2 Å². The molecule has 5 heteroatoms. The van der Waals surface area contributed by atoms with Gasteiger partial charge in [0.2, 0.25) is 0 Å². The first-order chi connectivity index (χ1) is 9.86. The average Bonchev–Trinajstić information content (AvgIpc) is 3.20. The van der Waals surface area contributed by atoms with E-state index < -0.39 is 0 Å². The molecular formula is C15H20N4O. The molecule has 1 N–H and O–H groups in total. The Morgan fingerprint density at radius 3 is 2.75 bits per heavy atom. The second-order valence-electron chi connectivity index (χ2n) is 5.21. The maximum atomic E-state index is 5.22. The van der Waals surface area contributed by atoms with E-state index in [-0.39, 0.29) is 0 Å². The van der Waals surface area contributed by atoms with Crippen molar-refractivity contribution in [1.29, 1.82) is 0 Å². The van der Waals surface area contributed by atoms with Gasteiger partial charge in [0.1, 0.15) is 5.75 Å². The van der Waals surface area contributed by atoms with Crippen LogP contribution in [0, 0.1) is 5.92 Å². The lowest BCUT2D eigenvalue weighted by atomic mass is 10.0. The molecule has 0 saturated heterocycles. The Morgan fingerprint density at radius 2 is 2.15 bits per heavy atom. The zero-order valence-corrected chi connectivity index (χ0v) is 11.7. The summed E-state index contributed by atoms with van der Waals surface area (Å²) < 4.78 is 7.07. The molecule has 1 aliphatic carbocycles. The molecule has 1 aliphatic rings. The van der Waals surface area contributed by atoms with Crippen molar-refractivity contribution >= 4 is 0 Å². The lowest BCUT2D eigenvalue weighted by molar-refractivity contribution is 0.413. The van der Waals surface area contributed by atoms with Gasteiger partial charge in [-0.1, -0.05) is 17.3 Å². The molecule has 0 bridgehead atoms. The third-order valence-corrected chi connectivity index (χ3v) is 3.75. The minimum absolute atomic E-state index is 0.435. The second-order valence-corrected chi connectivity index (χ2v) is 5.21. The minimum Gasteiger partial charge on any atom is -0.497 e. The molecule has 2 aromatic rings. The molecular weight excluding hydrogens is 252 g/mol. The summed E-state index contributed by atoms with van der Waals surface area (Å²) in [6, 6.07) is 8.81. The van der Waals surface area contributed by atoms with Crippen LogP contribution in [-0.2, 0) is 6.54 Å². The molecule has 1 heterocycles. The Hall–Kier alpha value is -1.88. The topological polar surface area (TPSA) is 52.0 Å². The lowest BCUT2D eigenvalue weighted by Crippen LogP contribution is -2.27. The maximum absolute atomic E-state index is 5.22. The Balaban J connectivity index is 1.60. The predicted octanol–water partition coefficient (Wildman–Crippen LogP) is 2.03. The van der Waals surface area contributed by atoms with Gasteiger partial charge in [-0.25, -0.2) is 0 Å². The van der Waals surface area contributed by atoms with Crippen LogP contribution in [0.4, 0.5) is 0 Å². The van der Waals surface area contributed by atoms with E-state index in [1.807, 2.05) is 23.0 Å². The molecule has 20 heavy (non-hydrogen) atoms. The average molecular weight is 272 g/mol. The molecule has 5 nitrogen and oxygen atoms in total. The van der Waals surface area contributed by atoms with Crippen molar-refractivity contribution in [2.45, 2.75) is 25.4 Å². The summed E-state index contributed by atoms with van der Waals surface area (Å²) in [6.45, 7) is 1.75. The fourth-order valence-corrected chi connectivity index (χ4v) is 2.48. The van der Waals surface area contributed by atoms with Crippen LogP contribution in [0.15, 0.2) is 36.7 Å². The molecule has 1 aromatic heterocycles. The number of hydrogen-bond acceptors (Lipinski definition) is 4. The fourth-order valence-electron chi connectivity index (χ4n) is 2.48. The largest absolute Gasteiger partial charge is 0.497 e. The number of methoxy groups -OCH3 is 1. The Morgan fingerprint density at radius 1 is 1.35 bits per heavy atom. The van der Waals surface area contributed by atoms with E-state index in [4.69, 9.17) is 4.74 Å². The van der Waals surface area contributed by atoms with Gasteiger partial charge in [-0.05, 0) is 36.5 Å². The molecule has 0 amide bonds. The molecule has 0 spiro atoms. The van der Waals surface area contributed by atoms with Gasteiger partial charge in [0.25, 0.3) is 0 Å². The SMILES string of the molecule is COc1ccc(C(NCCn2ccnn2)C2CC2)cc1. The highest BCUT2D eigenvalue weighted by molar-refractivity contribution is 5.30. The zero-order chi connectivity index (χ0) is 13.8. The zero-order valence-electron chi connectivity index (χ0n) is 11.7. The van der Waals surface area contributed by atoms with Crippen LogP contribution in [0.5, 0.6) is 5.75 Å². The first kappa shape index (κ1) is 13.1. The smallest absolute Gasteiger partial charge is 0.118 e. The highest BCUT2D eigenvalue weighted by Crippen LogP contribution is 2.41. The van der Waals surface area contributed by atoms with E-state index >= 15 is 0 Å². The highest BCUT2D eigenvalue weighted by atomic mass is 16.5. The van der Waals surface area contributed by atoms with E-state index in [0.717, 1.165) is 24.8 Å². The van der Waals surface area contributed by atoms with Crippen LogP contribution < -0.4 is 10.1 Å². The summed E-state index contributed by atoms with van der Waals surface area (Å²) in [5, 5.41) is 11.4. The van der Waals surface area contributed by atoms with Crippen LogP contribution >= 0.6 is 0 Å². The summed E-state index contributed by atoms with van der Waals surface area (Å²) in [7, 11) is 1.70. The van der Waals surface area contributed by atoms with Gasteiger partial charge in [0.05, 0.1) is 19.9 Å². The molecule has 3 rings (SSSR count). The molecule has 0 radical (unpaired) electrons. The quantitative estimate of drug-likeness (QED) is 0.838. The second kappa shape index (κ2) is 6.05. The molecule has 1 saturated carbocycles. The number of nitrogens with zero attached hydrogens (tertiary/aromatic N) is 3. The van der Waals surface area contributed by atoms with E-state index in [9.17, 15) is 0 Å². The monoisotopic (exact) mass is 272 g/mol. The van der Waals surface area contributed by atoms with Gasteiger partial charge in [-0.3, -0.25) is 4.68 Å². The first-order valence-electron chi connectivity index (χ1n) is 7.08. The number of benzene rings is 1. The number of rotatable bonds is 7. The standard InChI is InChI=1S/C15H20N4O/c1-20-14-6-4-13(5-7-14)15(12-2-3-12)16-8-10-19-11-9-17-18-19/h4-7,9,11-12,15-16H,2-3,8,10H2,1H3. The third kappa shape index (κ3) is 3.17. The van der Waals surface area contributed by atoms with Crippen molar-refractivity contribution in [2.24, 2.45) is 5.92 Å². The van der Waals surface area contributed by atoms with Gasteiger partial charge in [-0.2, -0.15) is 0 Å². The number of nitrogens with one attached hydrogen (secondary N) is 1. The number of hydrogen-bond donors (Lipinski definition) is 1. The Kier molecular flexibility index (Phi) is 3.97. The van der Waals surface area contributed by atoms with E-state index in [1.165, 1.54) is 18.4 Å². The van der Waals surface area contributed by atoms with Crippen LogP contribution in [0.1, 0.15) is 24.4 Å². The maximum Gasteiger partial charge on any atom is 0.118 e. The van der Waals surface area contributed by atoms with Crippen LogP contribution in [0.2, 0.25) is 0 Å². The fraction of sp³-hybridized carbons (Fsp3) is 0.467. The Bertz CT molecular complexity index is 519. The summed E-state index contributed by atoms with van der Waals surface area (Å²) in [4.78, 5) is 0. The van der Waals surface area contributed by atoms with Crippen molar-refractivity contribution in [1.82, 2.24) is 20.3 Å². The van der Waals surface area contributed by atoms with Crippen molar-refractivity contribution in [3.63, 3.8) is 0 Å². The summed E-state index contributed by atoms with van der Waals surface area (Å²) in [6.07, 6.45) is 6.23. The molecule has 1 unspecified atom stereocenters. The van der Waals surface area contributed by atoms with E-state index in [0.29, 0.717) is 6.04 Å². The van der Waals surface area contributed by atoms with Gasteiger partial charge in [-0.15, -0.1) is 5.10 Å². The molecule has 0 aliphatic heterocycles. The van der Waals surface area contributed by atoms with Crippen LogP contribution in [0.25, 0.3) is 0 Å². The normalized spacial score (nSPS) is 16.1. The molecule has 1 fully saturated rings. The van der Waals surface area contributed by atoms with E-state index in [1.54, 1.807) is 13.3 Å². The van der Waals surface area contributed by atoms with Crippen molar-refractivity contribution < 1.29 is 4.74 Å². The minimum atomic E-state index is 0.435. The van der Waals surface area contributed by atoms with Crippen molar-refractivity contribution in [2.75, 3.05) is 13.7 Å². The van der Waals surface area contributed by atoms with Crippen molar-refractivity contribution in [3.8, 4) is 5.75 Å². The molecule has 1 atom stereocenters. The summed E-state index contributed by atoms with van der Waals surface area (Å²) in [5.74, 6) is 1.67. The predicted molar refractivity (Wildman–Crippen MR) is 76.5 cm³/mol. The first-order valence-corrected chi connectivity index (χ1v) is 7.08. The highest BCUT2D eigenvalue weighted by Gasteiger charge is 2.31. The summed E-state index contributed by atoms with van der Waals surface area (Å²) in [5.41, 5.74) is 1.34. The van der Waals surface area contributed by atoms with Gasteiger partial charge in [0, 0.05) is 18.8 Å².